The van der Waals surface area contributed by atoms with Crippen molar-refractivity contribution in [3.63, 3.8) is 0 Å². The van der Waals surface area contributed by atoms with E-state index in [2.05, 4.69) is 4.98 Å². The first-order valence-corrected chi connectivity index (χ1v) is 5.58. The van der Waals surface area contributed by atoms with Crippen molar-refractivity contribution >= 4 is 17.4 Å². The third kappa shape index (κ3) is 3.05. The molecule has 0 N–H and O–H groups in total. The van der Waals surface area contributed by atoms with Gasteiger partial charge in [-0.2, -0.15) is 18.4 Å². The molecule has 1 rings (SSSR count). The Bertz CT molecular complexity index is 480. The van der Waals surface area contributed by atoms with Gasteiger partial charge in [-0.05, 0) is 12.5 Å². The lowest BCUT2D eigenvalue weighted by Gasteiger charge is -2.19. The molecule has 0 aliphatic heterocycles. The topological polar surface area (TPSA) is 39.9 Å². The van der Waals surface area contributed by atoms with Gasteiger partial charge in [0.25, 0.3) is 0 Å². The molecule has 0 amide bonds. The fourth-order valence-corrected chi connectivity index (χ4v) is 1.71. The Balaban J connectivity index is 3.36. The van der Waals surface area contributed by atoms with E-state index in [0.717, 1.165) is 12.5 Å². The number of anilines is 1. The van der Waals surface area contributed by atoms with Crippen LogP contribution in [0.4, 0.5) is 19.0 Å². The fourth-order valence-electron chi connectivity index (χ4n) is 1.48. The minimum Gasteiger partial charge on any atom is -0.360 e. The molecule has 0 aromatic carbocycles. The summed E-state index contributed by atoms with van der Waals surface area (Å²) in [7, 11) is 1.62. The number of halogens is 4. The monoisotopic (exact) mass is 277 g/mol. The molecule has 0 bridgehead atoms. The molecule has 0 atom stereocenters. The summed E-state index contributed by atoms with van der Waals surface area (Å²) in [6.07, 6.45) is -3.86. The summed E-state index contributed by atoms with van der Waals surface area (Å²) in [5, 5.41) is 8.28. The Morgan fingerprint density at radius 1 is 1.50 bits per heavy atom. The minimum absolute atomic E-state index is 0.105. The van der Waals surface area contributed by atoms with Crippen molar-refractivity contribution in [1.82, 2.24) is 4.98 Å². The van der Waals surface area contributed by atoms with Gasteiger partial charge in [-0.15, -0.1) is 0 Å². The average molecular weight is 278 g/mol. The number of rotatable bonds is 3. The highest BCUT2D eigenvalue weighted by molar-refractivity contribution is 6.30. The van der Waals surface area contributed by atoms with E-state index in [1.54, 1.807) is 11.9 Å². The lowest BCUT2D eigenvalue weighted by atomic mass is 10.1. The number of pyridine rings is 1. The minimum atomic E-state index is -4.63. The highest BCUT2D eigenvalue weighted by atomic mass is 35.5. The molecule has 0 saturated carbocycles. The standard InChI is InChI=1S/C11H11ClF3N3/c1-3-4-18(2)9-5-8(11(13,14)15)7(6-16)10(12)17-9/h5H,3-4H2,1-2H3. The maximum Gasteiger partial charge on any atom is 0.417 e. The van der Waals surface area contributed by atoms with Gasteiger partial charge >= 0.3 is 6.18 Å². The van der Waals surface area contributed by atoms with E-state index in [-0.39, 0.29) is 5.82 Å². The zero-order chi connectivity index (χ0) is 13.9. The second-order valence-electron chi connectivity index (χ2n) is 3.72. The van der Waals surface area contributed by atoms with Crippen LogP contribution in [0.3, 0.4) is 0 Å². The molecule has 0 aliphatic rings. The molecule has 98 valence electrons. The summed E-state index contributed by atoms with van der Waals surface area (Å²) in [4.78, 5) is 5.36. The van der Waals surface area contributed by atoms with E-state index in [0.29, 0.717) is 6.54 Å². The van der Waals surface area contributed by atoms with Gasteiger partial charge in [-0.25, -0.2) is 4.98 Å². The van der Waals surface area contributed by atoms with Crippen LogP contribution in [0.25, 0.3) is 0 Å². The number of alkyl halides is 3. The molecule has 3 nitrogen and oxygen atoms in total. The Labute approximate surface area is 108 Å². The van der Waals surface area contributed by atoms with E-state index in [9.17, 15) is 13.2 Å². The SMILES string of the molecule is CCCN(C)c1cc(C(F)(F)F)c(C#N)c(Cl)n1. The molecule has 7 heteroatoms. The molecule has 1 aromatic heterocycles. The average Bonchev–Trinajstić information content (AvgIpc) is 2.27. The highest BCUT2D eigenvalue weighted by Crippen LogP contribution is 2.36. The molecule has 0 aliphatic carbocycles. The van der Waals surface area contributed by atoms with Gasteiger partial charge in [0.05, 0.1) is 5.56 Å². The second kappa shape index (κ2) is 5.44. The predicted molar refractivity (Wildman–Crippen MR) is 62.5 cm³/mol. The number of nitriles is 1. The van der Waals surface area contributed by atoms with Crippen LogP contribution >= 0.6 is 11.6 Å². The van der Waals surface area contributed by atoms with Crippen LogP contribution in [0.1, 0.15) is 24.5 Å². The first kappa shape index (κ1) is 14.6. The summed E-state index contributed by atoms with van der Waals surface area (Å²) >= 11 is 5.62. The smallest absolute Gasteiger partial charge is 0.360 e. The summed E-state index contributed by atoms with van der Waals surface area (Å²) < 4.78 is 38.4. The molecule has 0 radical (unpaired) electrons. The molecule has 1 heterocycles. The van der Waals surface area contributed by atoms with Gasteiger partial charge in [0.2, 0.25) is 0 Å². The van der Waals surface area contributed by atoms with Crippen molar-refractivity contribution in [2.75, 3.05) is 18.5 Å². The molecule has 0 fully saturated rings. The summed E-state index contributed by atoms with van der Waals surface area (Å²) in [5.74, 6) is 0.105. The lowest BCUT2D eigenvalue weighted by molar-refractivity contribution is -0.137. The Morgan fingerprint density at radius 2 is 2.11 bits per heavy atom. The maximum atomic E-state index is 12.8. The molecule has 0 spiro atoms. The number of nitrogens with zero attached hydrogens (tertiary/aromatic N) is 3. The van der Waals surface area contributed by atoms with E-state index in [1.807, 2.05) is 6.92 Å². The van der Waals surface area contributed by atoms with Crippen molar-refractivity contribution in [3.05, 3.63) is 22.3 Å². The zero-order valence-electron chi connectivity index (χ0n) is 9.85. The van der Waals surface area contributed by atoms with Gasteiger partial charge in [-0.1, -0.05) is 18.5 Å². The van der Waals surface area contributed by atoms with Crippen molar-refractivity contribution in [2.45, 2.75) is 19.5 Å². The Hall–Kier alpha value is -1.48. The number of hydrogen-bond acceptors (Lipinski definition) is 3. The molecule has 0 unspecified atom stereocenters. The van der Waals surface area contributed by atoms with Crippen LogP contribution in [0.5, 0.6) is 0 Å². The van der Waals surface area contributed by atoms with Crippen LogP contribution in [0.15, 0.2) is 6.07 Å². The van der Waals surface area contributed by atoms with E-state index >= 15 is 0 Å². The predicted octanol–water partition coefficient (Wildman–Crippen LogP) is 3.47. The van der Waals surface area contributed by atoms with E-state index < -0.39 is 22.5 Å². The molecule has 1 aromatic rings. The van der Waals surface area contributed by atoms with E-state index in [4.69, 9.17) is 16.9 Å². The van der Waals surface area contributed by atoms with Crippen LogP contribution in [0.2, 0.25) is 5.15 Å². The fraction of sp³-hybridized carbons (Fsp3) is 0.455. The van der Waals surface area contributed by atoms with Crippen LogP contribution in [0, 0.1) is 11.3 Å². The quantitative estimate of drug-likeness (QED) is 0.794. The molecular formula is C11H11ClF3N3. The summed E-state index contributed by atoms with van der Waals surface area (Å²) in [6, 6.07) is 2.28. The summed E-state index contributed by atoms with van der Waals surface area (Å²) in [5.41, 5.74) is -1.69. The van der Waals surface area contributed by atoms with Gasteiger partial charge < -0.3 is 4.90 Å². The third-order valence-electron chi connectivity index (χ3n) is 2.33. The van der Waals surface area contributed by atoms with Gasteiger partial charge in [0.15, 0.2) is 0 Å². The first-order chi connectivity index (χ1) is 8.31. The molecule has 0 saturated heterocycles. The highest BCUT2D eigenvalue weighted by Gasteiger charge is 2.36. The van der Waals surface area contributed by atoms with Gasteiger partial charge in [0.1, 0.15) is 22.6 Å². The number of hydrogen-bond donors (Lipinski definition) is 0. The largest absolute Gasteiger partial charge is 0.417 e. The Morgan fingerprint density at radius 3 is 2.56 bits per heavy atom. The second-order valence-corrected chi connectivity index (χ2v) is 4.08. The van der Waals surface area contributed by atoms with Crippen molar-refractivity contribution < 1.29 is 13.2 Å². The van der Waals surface area contributed by atoms with Crippen LogP contribution in [-0.2, 0) is 6.18 Å². The van der Waals surface area contributed by atoms with Gasteiger partial charge in [-0.3, -0.25) is 0 Å². The van der Waals surface area contributed by atoms with Crippen LogP contribution in [-0.4, -0.2) is 18.6 Å². The first-order valence-electron chi connectivity index (χ1n) is 5.20. The van der Waals surface area contributed by atoms with Crippen molar-refractivity contribution in [1.29, 1.82) is 5.26 Å². The van der Waals surface area contributed by atoms with Crippen LogP contribution < -0.4 is 4.90 Å². The van der Waals surface area contributed by atoms with Gasteiger partial charge in [0, 0.05) is 13.6 Å². The molecular weight excluding hydrogens is 267 g/mol. The normalized spacial score (nSPS) is 11.2. The maximum absolute atomic E-state index is 12.8. The Kier molecular flexibility index (Phi) is 4.41. The van der Waals surface area contributed by atoms with Crippen molar-refractivity contribution in [2.24, 2.45) is 0 Å². The summed E-state index contributed by atoms with van der Waals surface area (Å²) in [6.45, 7) is 2.44. The zero-order valence-corrected chi connectivity index (χ0v) is 10.6. The third-order valence-corrected chi connectivity index (χ3v) is 2.60. The molecule has 18 heavy (non-hydrogen) atoms. The van der Waals surface area contributed by atoms with Crippen molar-refractivity contribution in [3.8, 4) is 6.07 Å². The number of aromatic nitrogens is 1. The lowest BCUT2D eigenvalue weighted by Crippen LogP contribution is -2.21. The van der Waals surface area contributed by atoms with E-state index in [1.165, 1.54) is 6.07 Å².